The number of likely N-dealkylation sites (N-methyl/N-ethyl adjacent to an activating group) is 1. The summed E-state index contributed by atoms with van der Waals surface area (Å²) in [6.45, 7) is 10.9. The van der Waals surface area contributed by atoms with E-state index in [-0.39, 0.29) is 85.6 Å². The number of hydrogen-bond acceptors (Lipinski definition) is 32. The summed E-state index contributed by atoms with van der Waals surface area (Å²) < 4.78 is 29.6. The molecule has 3 saturated heterocycles. The number of carboxylic acid groups (broad SMARTS) is 1. The van der Waals surface area contributed by atoms with E-state index < -0.39 is 258 Å². The summed E-state index contributed by atoms with van der Waals surface area (Å²) in [6.07, 6.45) is -2.79. The molecule has 4 aromatic rings. The average molecular weight is 2130 g/mol. The van der Waals surface area contributed by atoms with Crippen molar-refractivity contribution in [3.05, 3.63) is 160 Å². The van der Waals surface area contributed by atoms with Crippen LogP contribution in [-0.2, 0) is 126 Å². The van der Waals surface area contributed by atoms with Crippen LogP contribution in [0.4, 0.5) is 10.5 Å². The van der Waals surface area contributed by atoms with Gasteiger partial charge in [-0.2, -0.15) is 9.59 Å². The number of amides is 13. The molecule has 13 amide bonds. The van der Waals surface area contributed by atoms with Gasteiger partial charge in [-0.1, -0.05) is 177 Å². The van der Waals surface area contributed by atoms with Crippen molar-refractivity contribution in [1.29, 1.82) is 0 Å². The Hall–Kier alpha value is -11.8. The zero-order valence-corrected chi connectivity index (χ0v) is 87.1. The highest BCUT2D eigenvalue weighted by Gasteiger charge is 2.65. The normalized spacial score (nSPS) is 24.9. The average Bonchev–Trinajstić information content (AvgIpc) is 1.57. The number of nitrogens with zero attached hydrogens (tertiary/aromatic N) is 2. The Morgan fingerprint density at radius 2 is 1.41 bits per heavy atom. The first-order chi connectivity index (χ1) is 69.3. The van der Waals surface area contributed by atoms with Crippen LogP contribution in [0, 0.1) is 11.8 Å². The first kappa shape index (κ1) is 119. The minimum Gasteiger partial charge on any atom is -0.495 e. The summed E-state index contributed by atoms with van der Waals surface area (Å²) in [5.41, 5.74) is 7.66. The molecule has 0 aromatic heterocycles. The van der Waals surface area contributed by atoms with E-state index in [9.17, 15) is 83.1 Å². The highest BCUT2D eigenvalue weighted by Crippen LogP contribution is 2.50. The Morgan fingerprint density at radius 1 is 0.767 bits per heavy atom. The third-order valence-electron chi connectivity index (χ3n) is 25.4. The van der Waals surface area contributed by atoms with Gasteiger partial charge in [0, 0.05) is 95.1 Å². The maximum absolute atomic E-state index is 15.6. The number of carbonyl (C=O) groups is 16. The van der Waals surface area contributed by atoms with E-state index in [1.54, 1.807) is 111 Å². The van der Waals surface area contributed by atoms with Crippen LogP contribution in [0.15, 0.2) is 127 Å². The smallest absolute Gasteiger partial charge is 0.409 e. The van der Waals surface area contributed by atoms with Crippen molar-refractivity contribution in [1.82, 2.24) is 63.4 Å². The molecule has 0 saturated carbocycles. The number of carbonyl (C=O) groups excluding carboxylic acids is 17. The number of aliphatic carboxylic acids is 1. The number of allylic oxidation sites excluding steroid dienone is 4. The molecule has 4 aliphatic heterocycles. The number of aliphatic hydroxyl groups is 4. The van der Waals surface area contributed by atoms with Gasteiger partial charge in [-0.25, -0.2) is 9.59 Å². The maximum atomic E-state index is 15.6. The number of methoxy groups -OCH3 is 2. The molecular weight excluding hydrogens is 2000 g/mol. The molecule has 4 heterocycles. The molecule has 3 fully saturated rings. The summed E-state index contributed by atoms with van der Waals surface area (Å²) in [7, 11) is 9.57. The van der Waals surface area contributed by atoms with E-state index in [0.717, 1.165) is 71.7 Å². The van der Waals surface area contributed by atoms with Gasteiger partial charge < -0.3 is 118 Å². The van der Waals surface area contributed by atoms with Crippen LogP contribution in [0.3, 0.4) is 0 Å². The number of aliphatic hydroxyl groups excluding tert-OH is 3. The van der Waals surface area contributed by atoms with Gasteiger partial charge in [-0.05, 0) is 132 Å². The van der Waals surface area contributed by atoms with Crippen molar-refractivity contribution >= 4 is 167 Å². The summed E-state index contributed by atoms with van der Waals surface area (Å²) in [6, 6.07) is 10.4. The minimum absolute atomic E-state index is 0.0575. The zero-order valence-electron chi connectivity index (χ0n) is 83.1. The number of nitrogens with two attached hydrogens (primary N) is 1. The number of rotatable bonds is 37. The lowest BCUT2D eigenvalue weighted by molar-refractivity contribution is -0.192. The van der Waals surface area contributed by atoms with E-state index in [0.29, 0.717) is 41.5 Å². The maximum Gasteiger partial charge on any atom is 0.409 e. The van der Waals surface area contributed by atoms with Gasteiger partial charge in [0.1, 0.15) is 89.1 Å². The lowest BCUT2D eigenvalue weighted by Crippen LogP contribution is -2.63. The van der Waals surface area contributed by atoms with Gasteiger partial charge >= 0.3 is 24.2 Å². The molecular formula is C99H131ClN14O28S4. The Labute approximate surface area is 866 Å². The molecule has 4 aromatic carbocycles. The molecule has 0 spiro atoms. The van der Waals surface area contributed by atoms with E-state index in [4.69, 9.17) is 50.6 Å². The SMILES string of the molecule is COc1cc2cc(c1Cl)N(C)C(=O)C[C@H](OC(=O)[C@H](C)N(C)C(=O)CCSSC[C@H](NC(C)=O)C(=O)N[C@@H](C)C(=O)NC(CC(=O)O)C(=O)N[C@H](Cc1ccccc1)C(=O)N[C@H]1CSSC[C@@H](C(=O)N[C@H](CO)[C@@H](C)O)NC(=O)[C@H]([C@@H](C)O)NC(=O)[C@H](CCCCN)NC(=O)[C@@H](CC3=CCc4ccccc43)NC(=O)[C@H](Cc3ccccc3)CC1=O)[C@]1(C)O[C@H]1[C@H](C)[C@@H]1C[C@@](O)(NC(=O)O1)[C@H](OC)/C=C/C=C(\C)C2.O=C=O. The number of unbranched alkanes of at least 4 members (excludes halogenated alkanes) is 1. The van der Waals surface area contributed by atoms with Crippen LogP contribution in [0.25, 0.3) is 5.57 Å². The van der Waals surface area contributed by atoms with Gasteiger partial charge in [0.25, 0.3) is 0 Å². The predicted molar refractivity (Wildman–Crippen MR) is 543 cm³/mol. The van der Waals surface area contributed by atoms with E-state index in [1.165, 1.54) is 60.9 Å². The van der Waals surface area contributed by atoms with Crippen LogP contribution in [-0.4, -0.2) is 310 Å². The molecule has 47 heteroatoms. The second-order valence-corrected chi connectivity index (χ2v) is 42.0. The number of fused-ring (bicyclic) bond motifs is 6. The Bertz CT molecular complexity index is 5410. The lowest BCUT2D eigenvalue weighted by atomic mass is 9.83. The predicted octanol–water partition coefficient (Wildman–Crippen LogP) is 2.43. The fourth-order valence-corrected chi connectivity index (χ4v) is 21.6. The number of epoxide rings is 1. The highest BCUT2D eigenvalue weighted by atomic mass is 35.5. The van der Waals surface area contributed by atoms with Gasteiger partial charge in [-0.3, -0.25) is 72.4 Å². The number of halogens is 1. The number of nitrogens with one attached hydrogen (secondary N) is 11. The van der Waals surface area contributed by atoms with Crippen LogP contribution < -0.4 is 73.9 Å². The minimum atomic E-state index is -2.00. The molecule has 4 bridgehead atoms. The molecule has 21 atom stereocenters. The van der Waals surface area contributed by atoms with Crippen molar-refractivity contribution in [3.63, 3.8) is 0 Å². The number of Topliss-reactive ketones (excluding diaryl/α,β-unsaturated/α-hetero) is 1. The number of hydrogen-bond donors (Lipinski definition) is 17. The first-order valence-corrected chi connectivity index (χ1v) is 52.8. The van der Waals surface area contributed by atoms with Crippen LogP contribution >= 0.6 is 54.8 Å². The zero-order chi connectivity index (χ0) is 108. The van der Waals surface area contributed by atoms with Crippen molar-refractivity contribution < 1.29 is 136 Å². The standard InChI is InChI=1S/C98H131ClN14O26S4.CO2/c1-52-24-23-32-78(136-12)98(134)47-77(137-96(133)111-98)53(2)85-97(8,139-85)79(46-81(120)113(10)74-41-61(38-52)42-76(135-11)83(74)99)138-95(132)55(4)112(9)80(119)35-37-140-141-50-72(102-58(7)117)92(129)101-54(3)86(123)104-69(45-82(121)122)91(128)106-67(40-60-27-17-14-18-28-60)89(126)108-71-49-142-143-51-73(93(130)107-70(48-114)56(5)115)109-94(131)84(57(6)116)110-88(125)66(31-21-22-36-100)103-90(127)68(43-63-34-33-62-29-19-20-30-65(62)63)105-87(124)64(44-75(71)118)39-59-25-15-13-16-26-59;2-1-3/h13-20,23-30,32,34,41-42,53-57,64,66-73,77-79,84-85,114-116,134H,21-22,31,33,35-40,43-51,100H2,1-12H3,(H,101,129)(H,102,117)(H,103,127)(H,104,123)(H,105,124)(H,106,128)(H,107,130)(H,108,126)(H,109,131)(H,110,125)(H,111,133)(H,121,122);/b32-23+,52-24+;/t53-,54+,55+,56-,57-,64-,66+,67-,68-,69?,70-,71+,72+,73+,77+,78-,79+,84+,85+,97+,98+;/m1./s1. The molecule has 0 radical (unpaired) electrons. The molecule has 9 rings (SSSR count). The largest absolute Gasteiger partial charge is 0.495 e. The Morgan fingerprint density at radius 3 is 2.05 bits per heavy atom. The second kappa shape index (κ2) is 57.5. The van der Waals surface area contributed by atoms with E-state index in [2.05, 4.69) is 58.5 Å². The lowest BCUT2D eigenvalue weighted by Gasteiger charge is -2.42. The quantitative estimate of drug-likeness (QED) is 0.0133. The molecule has 796 valence electrons. The van der Waals surface area contributed by atoms with Crippen molar-refractivity contribution in [2.75, 3.05) is 69.4 Å². The fourth-order valence-electron chi connectivity index (χ4n) is 16.8. The fraction of sp³-hybridized carbons (Fsp3) is 0.525. The molecule has 146 heavy (non-hydrogen) atoms. The third-order valence-corrected chi connectivity index (χ3v) is 30.6. The highest BCUT2D eigenvalue weighted by molar-refractivity contribution is 8.77. The van der Waals surface area contributed by atoms with Gasteiger partial charge in [-0.15, -0.1) is 0 Å². The number of carboxylic acids is 1. The van der Waals surface area contributed by atoms with Crippen LogP contribution in [0.5, 0.6) is 5.75 Å². The van der Waals surface area contributed by atoms with Gasteiger partial charge in [0.2, 0.25) is 70.9 Å². The van der Waals surface area contributed by atoms with Crippen molar-refractivity contribution in [2.24, 2.45) is 17.6 Å². The number of ketones is 1. The van der Waals surface area contributed by atoms with E-state index >= 15 is 19.2 Å². The molecule has 18 N–H and O–H groups in total. The first-order valence-electron chi connectivity index (χ1n) is 47.4. The summed E-state index contributed by atoms with van der Waals surface area (Å²) in [4.78, 5) is 249. The van der Waals surface area contributed by atoms with Gasteiger partial charge in [0.15, 0.2) is 11.5 Å². The second-order valence-electron chi connectivity index (χ2n) is 36.5. The summed E-state index contributed by atoms with van der Waals surface area (Å²) in [5.74, 6) is -16.8. The molecule has 1 aliphatic carbocycles. The Kier molecular flexibility index (Phi) is 47.0. The number of benzene rings is 4. The van der Waals surface area contributed by atoms with Gasteiger partial charge in [0.05, 0.1) is 62.6 Å². The molecule has 5 aliphatic rings. The summed E-state index contributed by atoms with van der Waals surface area (Å²) >= 11 is 6.89. The number of esters is 1. The Balaban J connectivity index is 0.00000856. The number of ether oxygens (including phenoxy) is 5. The van der Waals surface area contributed by atoms with Crippen LogP contribution in [0.2, 0.25) is 5.02 Å². The van der Waals surface area contributed by atoms with Crippen molar-refractivity contribution in [3.8, 4) is 5.75 Å². The van der Waals surface area contributed by atoms with E-state index in [1.807, 2.05) is 31.2 Å². The topological polar surface area (TPSA) is 623 Å². The monoisotopic (exact) mass is 2130 g/mol. The number of alkyl carbamates (subject to hydrolysis) is 1. The van der Waals surface area contributed by atoms with Crippen molar-refractivity contribution in [2.45, 2.75) is 253 Å². The molecule has 1 unspecified atom stereocenters. The van der Waals surface area contributed by atoms with Crippen LogP contribution in [0.1, 0.15) is 141 Å². The molecule has 42 nitrogen and oxygen atoms in total. The third kappa shape index (κ3) is 34.9. The number of anilines is 1. The summed E-state index contributed by atoms with van der Waals surface area (Å²) in [5, 5.41) is 82.7.